The van der Waals surface area contributed by atoms with Gasteiger partial charge in [0.1, 0.15) is 6.04 Å². The number of hydrogen-bond acceptors (Lipinski definition) is 5. The zero-order chi connectivity index (χ0) is 17.7. The van der Waals surface area contributed by atoms with E-state index in [0.717, 1.165) is 12.1 Å². The number of benzene rings is 1. The molecule has 0 aliphatic carbocycles. The van der Waals surface area contributed by atoms with E-state index in [1.54, 1.807) is 6.07 Å². The molecule has 0 fully saturated rings. The van der Waals surface area contributed by atoms with Gasteiger partial charge in [0.2, 0.25) is 11.7 Å². The number of nitrogens with two attached hydrogens (primary N) is 1. The van der Waals surface area contributed by atoms with E-state index in [0.29, 0.717) is 5.56 Å². The van der Waals surface area contributed by atoms with Crippen LogP contribution in [0.25, 0.3) is 0 Å². The van der Waals surface area contributed by atoms with Gasteiger partial charge in [0.25, 0.3) is 5.91 Å². The molecule has 0 aliphatic heterocycles. The molecule has 0 aliphatic rings. The quantitative estimate of drug-likeness (QED) is 0.601. The maximum atomic E-state index is 13.3. The maximum absolute atomic E-state index is 13.3. The lowest BCUT2D eigenvalue weighted by Crippen LogP contribution is -2.45. The van der Waals surface area contributed by atoms with Gasteiger partial charge in [-0.2, -0.15) is 4.39 Å². The van der Waals surface area contributed by atoms with E-state index in [2.05, 4.69) is 10.3 Å². The number of halogens is 1. The minimum Gasteiger partial charge on any atom is -0.368 e. The third-order valence-electron chi connectivity index (χ3n) is 3.22. The van der Waals surface area contributed by atoms with Crippen LogP contribution in [0, 0.1) is 15.9 Å². The molecule has 0 saturated carbocycles. The van der Waals surface area contributed by atoms with Crippen LogP contribution in [0.4, 0.5) is 10.1 Å². The first kappa shape index (κ1) is 17.0. The second-order valence-corrected chi connectivity index (χ2v) is 4.92. The molecule has 0 unspecified atom stereocenters. The molecule has 9 heteroatoms. The van der Waals surface area contributed by atoms with Crippen molar-refractivity contribution in [3.8, 4) is 0 Å². The monoisotopic (exact) mass is 332 g/mol. The highest BCUT2D eigenvalue weighted by molar-refractivity contribution is 5.97. The first-order chi connectivity index (χ1) is 11.4. The lowest BCUT2D eigenvalue weighted by Gasteiger charge is -2.15. The molecule has 24 heavy (non-hydrogen) atoms. The molecule has 2 aromatic rings. The van der Waals surface area contributed by atoms with Crippen molar-refractivity contribution in [1.82, 2.24) is 10.3 Å². The van der Waals surface area contributed by atoms with Gasteiger partial charge in [-0.1, -0.05) is 6.07 Å². The number of pyridine rings is 1. The van der Waals surface area contributed by atoms with Crippen molar-refractivity contribution in [2.75, 3.05) is 0 Å². The number of hydrogen-bond donors (Lipinski definition) is 2. The van der Waals surface area contributed by atoms with Gasteiger partial charge in [0.15, 0.2) is 0 Å². The topological polar surface area (TPSA) is 128 Å². The Hall–Kier alpha value is -3.36. The number of nitrogens with one attached hydrogen (secondary N) is 1. The Kier molecular flexibility index (Phi) is 5.15. The van der Waals surface area contributed by atoms with Gasteiger partial charge in [-0.05, 0) is 23.8 Å². The van der Waals surface area contributed by atoms with Gasteiger partial charge < -0.3 is 11.1 Å². The number of rotatable bonds is 6. The van der Waals surface area contributed by atoms with Crippen molar-refractivity contribution in [1.29, 1.82) is 0 Å². The summed E-state index contributed by atoms with van der Waals surface area (Å²) in [4.78, 5) is 37.3. The smallest absolute Gasteiger partial charge is 0.305 e. The Balaban J connectivity index is 2.17. The highest BCUT2D eigenvalue weighted by Gasteiger charge is 2.22. The van der Waals surface area contributed by atoms with E-state index in [4.69, 9.17) is 5.73 Å². The van der Waals surface area contributed by atoms with Gasteiger partial charge in [0, 0.05) is 24.9 Å². The van der Waals surface area contributed by atoms with Crippen molar-refractivity contribution in [3.05, 3.63) is 69.8 Å². The Morgan fingerprint density at radius 2 is 2.12 bits per heavy atom. The first-order valence-corrected chi connectivity index (χ1v) is 6.81. The molecular formula is C15H13FN4O4. The number of nitro benzene ring substituents is 1. The van der Waals surface area contributed by atoms with Gasteiger partial charge in [-0.3, -0.25) is 24.7 Å². The van der Waals surface area contributed by atoms with Crippen LogP contribution in [-0.4, -0.2) is 27.8 Å². The molecule has 8 nitrogen and oxygen atoms in total. The molecule has 1 aromatic heterocycles. The molecule has 0 radical (unpaired) electrons. The Bertz CT molecular complexity index is 782. The third kappa shape index (κ3) is 4.09. The predicted molar refractivity (Wildman–Crippen MR) is 81.4 cm³/mol. The normalized spacial score (nSPS) is 11.5. The number of amides is 2. The van der Waals surface area contributed by atoms with E-state index in [1.807, 2.05) is 0 Å². The summed E-state index contributed by atoms with van der Waals surface area (Å²) in [6.07, 6.45) is 2.69. The second kappa shape index (κ2) is 7.27. The lowest BCUT2D eigenvalue weighted by molar-refractivity contribution is -0.387. The standard InChI is InChI=1S/C15H13FN4O4/c16-11-4-3-9(7-13(11)20(23)24)6-12(14(17)21)19-15(22)10-2-1-5-18-8-10/h1-5,7-8,12H,6H2,(H2,17,21)(H,19,22)/t12-/m0/s1. The fourth-order valence-corrected chi connectivity index (χ4v) is 2.02. The SMILES string of the molecule is NC(=O)[C@H](Cc1ccc(F)c([N+](=O)[O-])c1)NC(=O)c1cccnc1. The van der Waals surface area contributed by atoms with Crippen molar-refractivity contribution < 1.29 is 18.9 Å². The van der Waals surface area contributed by atoms with Crippen LogP contribution < -0.4 is 11.1 Å². The largest absolute Gasteiger partial charge is 0.368 e. The predicted octanol–water partition coefficient (Wildman–Crippen LogP) is 0.955. The molecule has 2 rings (SSSR count). The summed E-state index contributed by atoms with van der Waals surface area (Å²) in [6.45, 7) is 0. The van der Waals surface area contributed by atoms with Gasteiger partial charge in [-0.15, -0.1) is 0 Å². The number of primary amides is 1. The van der Waals surface area contributed by atoms with Gasteiger partial charge in [0.05, 0.1) is 10.5 Å². The molecule has 124 valence electrons. The summed E-state index contributed by atoms with van der Waals surface area (Å²) >= 11 is 0. The first-order valence-electron chi connectivity index (χ1n) is 6.81. The molecule has 0 spiro atoms. The lowest BCUT2D eigenvalue weighted by atomic mass is 10.0. The highest BCUT2D eigenvalue weighted by atomic mass is 19.1. The fourth-order valence-electron chi connectivity index (χ4n) is 2.02. The minimum atomic E-state index is -1.11. The second-order valence-electron chi connectivity index (χ2n) is 4.92. The van der Waals surface area contributed by atoms with E-state index in [1.165, 1.54) is 24.5 Å². The average molecular weight is 332 g/mol. The summed E-state index contributed by atoms with van der Waals surface area (Å²) < 4.78 is 13.3. The van der Waals surface area contributed by atoms with Crippen LogP contribution in [-0.2, 0) is 11.2 Å². The van der Waals surface area contributed by atoms with E-state index >= 15 is 0 Å². The molecule has 3 N–H and O–H groups in total. The highest BCUT2D eigenvalue weighted by Crippen LogP contribution is 2.19. The van der Waals surface area contributed by atoms with Crippen molar-refractivity contribution in [2.24, 2.45) is 5.73 Å². The number of aromatic nitrogens is 1. The van der Waals surface area contributed by atoms with Crippen LogP contribution in [0.3, 0.4) is 0 Å². The molecule has 0 bridgehead atoms. The van der Waals surface area contributed by atoms with Crippen molar-refractivity contribution in [3.63, 3.8) is 0 Å². The van der Waals surface area contributed by atoms with Crippen LogP contribution in [0.15, 0.2) is 42.7 Å². The number of carbonyl (C=O) groups is 2. The summed E-state index contributed by atoms with van der Waals surface area (Å²) in [5, 5.41) is 13.2. The molecule has 1 aromatic carbocycles. The summed E-state index contributed by atoms with van der Waals surface area (Å²) in [5.41, 5.74) is 5.07. The van der Waals surface area contributed by atoms with E-state index in [9.17, 15) is 24.1 Å². The average Bonchev–Trinajstić information content (AvgIpc) is 2.56. The zero-order valence-corrected chi connectivity index (χ0v) is 12.3. The summed E-state index contributed by atoms with van der Waals surface area (Å²) in [6, 6.07) is 5.16. The Labute approximate surface area is 135 Å². The molecule has 1 heterocycles. The zero-order valence-electron chi connectivity index (χ0n) is 12.3. The van der Waals surface area contributed by atoms with Gasteiger partial charge in [-0.25, -0.2) is 0 Å². The number of nitro groups is 1. The summed E-state index contributed by atoms with van der Waals surface area (Å²) in [7, 11) is 0. The van der Waals surface area contributed by atoms with E-state index < -0.39 is 34.3 Å². The van der Waals surface area contributed by atoms with Crippen LogP contribution in [0.1, 0.15) is 15.9 Å². The van der Waals surface area contributed by atoms with Gasteiger partial charge >= 0.3 is 5.69 Å². The molecule has 0 saturated heterocycles. The van der Waals surface area contributed by atoms with E-state index in [-0.39, 0.29) is 12.0 Å². The fraction of sp³-hybridized carbons (Fsp3) is 0.133. The molecule has 1 atom stereocenters. The van der Waals surface area contributed by atoms with Crippen molar-refractivity contribution in [2.45, 2.75) is 12.5 Å². The third-order valence-corrected chi connectivity index (χ3v) is 3.22. The van der Waals surface area contributed by atoms with Crippen LogP contribution in [0.5, 0.6) is 0 Å². The number of carbonyl (C=O) groups excluding carboxylic acids is 2. The van der Waals surface area contributed by atoms with Crippen LogP contribution in [0.2, 0.25) is 0 Å². The van der Waals surface area contributed by atoms with Crippen LogP contribution >= 0.6 is 0 Å². The Morgan fingerprint density at radius 3 is 2.71 bits per heavy atom. The molecule has 2 amide bonds. The number of nitrogens with zero attached hydrogens (tertiary/aromatic N) is 2. The Morgan fingerprint density at radius 1 is 1.38 bits per heavy atom. The van der Waals surface area contributed by atoms with Crippen molar-refractivity contribution >= 4 is 17.5 Å². The maximum Gasteiger partial charge on any atom is 0.305 e. The summed E-state index contributed by atoms with van der Waals surface area (Å²) in [5.74, 6) is -2.37. The minimum absolute atomic E-state index is 0.109. The molecular weight excluding hydrogens is 319 g/mol.